The average molecular weight is 368 g/mol. The van der Waals surface area contributed by atoms with Crippen LogP contribution >= 0.6 is 0 Å². The number of sulfone groups is 2. The molecule has 0 radical (unpaired) electrons. The van der Waals surface area contributed by atoms with Gasteiger partial charge in [0.05, 0.1) is 9.79 Å². The molecule has 0 aliphatic rings. The summed E-state index contributed by atoms with van der Waals surface area (Å²) in [7, 11) is -8.51. The van der Waals surface area contributed by atoms with Crippen LogP contribution in [-0.4, -0.2) is 32.5 Å². The number of benzene rings is 2. The Balaban J connectivity index is 2.55. The van der Waals surface area contributed by atoms with Crippen LogP contribution in [0, 0.1) is 0 Å². The maximum atomic E-state index is 12.8. The normalized spacial score (nSPS) is 12.2. The summed E-state index contributed by atoms with van der Waals surface area (Å²) in [5.41, 5.74) is 0. The molecule has 0 fully saturated rings. The molecule has 0 saturated carbocycles. The monoisotopic (exact) mass is 368 g/mol. The van der Waals surface area contributed by atoms with E-state index in [1.165, 1.54) is 48.5 Å². The van der Waals surface area contributed by atoms with E-state index in [0.29, 0.717) is 0 Å². The zero-order valence-corrected chi connectivity index (χ0v) is 14.2. The predicted octanol–water partition coefficient (Wildman–Crippen LogP) is 2.13. The van der Waals surface area contributed by atoms with Gasteiger partial charge in [-0.25, -0.2) is 16.8 Å². The van der Waals surface area contributed by atoms with E-state index < -0.39 is 43.1 Å². The summed E-state index contributed by atoms with van der Waals surface area (Å²) in [5, 5.41) is 8.85. The Morgan fingerprint density at radius 3 is 1.50 bits per heavy atom. The summed E-state index contributed by atoms with van der Waals surface area (Å²) < 4.78 is 49.3. The Hall–Kier alpha value is -2.19. The second-order valence-corrected chi connectivity index (χ2v) is 9.64. The summed E-state index contributed by atoms with van der Waals surface area (Å²) in [6.45, 7) is 0. The molecule has 0 atom stereocenters. The van der Waals surface area contributed by atoms with Crippen LogP contribution in [0.4, 0.5) is 0 Å². The lowest BCUT2D eigenvalue weighted by atomic mass is 10.3. The van der Waals surface area contributed by atoms with Crippen molar-refractivity contribution in [3.8, 4) is 0 Å². The molecule has 2 aromatic carbocycles. The fourth-order valence-electron chi connectivity index (χ4n) is 2.24. The third-order valence-corrected chi connectivity index (χ3v) is 8.66. The SMILES string of the molecule is O=C(O)CCC(S(=O)(=O)c1ccccc1)S(=O)(=O)c1ccccc1. The fraction of sp³-hybridized carbons (Fsp3) is 0.188. The third-order valence-electron chi connectivity index (χ3n) is 3.43. The van der Waals surface area contributed by atoms with E-state index >= 15 is 0 Å². The first-order valence-corrected chi connectivity index (χ1v) is 10.1. The second kappa shape index (κ2) is 7.14. The highest BCUT2D eigenvalue weighted by atomic mass is 32.3. The summed E-state index contributed by atoms with van der Waals surface area (Å²) in [6.07, 6.45) is -1.09. The molecule has 24 heavy (non-hydrogen) atoms. The van der Waals surface area contributed by atoms with E-state index in [4.69, 9.17) is 5.11 Å². The molecule has 2 aromatic rings. The molecule has 0 saturated heterocycles. The number of rotatable bonds is 7. The van der Waals surface area contributed by atoms with E-state index in [-0.39, 0.29) is 9.79 Å². The summed E-state index contributed by atoms with van der Waals surface area (Å²) >= 11 is 0. The van der Waals surface area contributed by atoms with Crippen molar-refractivity contribution in [1.29, 1.82) is 0 Å². The lowest BCUT2D eigenvalue weighted by Crippen LogP contribution is -2.31. The van der Waals surface area contributed by atoms with E-state index in [9.17, 15) is 21.6 Å². The van der Waals surface area contributed by atoms with E-state index in [2.05, 4.69) is 0 Å². The fourth-order valence-corrected chi connectivity index (χ4v) is 6.78. The quantitative estimate of drug-likeness (QED) is 0.802. The lowest BCUT2D eigenvalue weighted by molar-refractivity contribution is -0.137. The number of hydrogen-bond donors (Lipinski definition) is 1. The highest BCUT2D eigenvalue weighted by Crippen LogP contribution is 2.28. The Morgan fingerprint density at radius 2 is 1.17 bits per heavy atom. The standard InChI is InChI=1S/C16H16O6S2/c17-15(18)11-12-16(23(19,20)13-7-3-1-4-8-13)24(21,22)14-9-5-2-6-10-14/h1-10,16H,11-12H2,(H,17,18). The van der Waals surface area contributed by atoms with Gasteiger partial charge in [-0.15, -0.1) is 0 Å². The molecule has 0 heterocycles. The molecule has 6 nitrogen and oxygen atoms in total. The van der Waals surface area contributed by atoms with Gasteiger partial charge < -0.3 is 5.11 Å². The first-order chi connectivity index (χ1) is 11.3. The van der Waals surface area contributed by atoms with Gasteiger partial charge in [-0.1, -0.05) is 36.4 Å². The predicted molar refractivity (Wildman–Crippen MR) is 87.9 cm³/mol. The maximum Gasteiger partial charge on any atom is 0.303 e. The molecule has 0 aliphatic carbocycles. The zero-order chi connectivity index (χ0) is 17.8. The zero-order valence-electron chi connectivity index (χ0n) is 12.6. The largest absolute Gasteiger partial charge is 0.481 e. The van der Waals surface area contributed by atoms with Crippen LogP contribution in [0.25, 0.3) is 0 Å². The summed E-state index contributed by atoms with van der Waals surface area (Å²) in [6, 6.07) is 14.3. The Kier molecular flexibility index (Phi) is 5.40. The molecule has 128 valence electrons. The van der Waals surface area contributed by atoms with Gasteiger partial charge in [0.2, 0.25) is 0 Å². The molecular weight excluding hydrogens is 352 g/mol. The van der Waals surface area contributed by atoms with Crippen molar-refractivity contribution in [1.82, 2.24) is 0 Å². The minimum absolute atomic E-state index is 0.153. The van der Waals surface area contributed by atoms with Gasteiger partial charge in [0.15, 0.2) is 24.3 Å². The van der Waals surface area contributed by atoms with Gasteiger partial charge in [0, 0.05) is 6.42 Å². The Bertz CT molecular complexity index is 834. The van der Waals surface area contributed by atoms with Crippen LogP contribution < -0.4 is 0 Å². The van der Waals surface area contributed by atoms with Crippen molar-refractivity contribution in [2.75, 3.05) is 0 Å². The molecular formula is C16H16O6S2. The summed E-state index contributed by atoms with van der Waals surface area (Å²) in [5.74, 6) is -1.26. The van der Waals surface area contributed by atoms with Crippen LogP contribution in [0.2, 0.25) is 0 Å². The minimum atomic E-state index is -4.25. The Labute approximate surface area is 140 Å². The lowest BCUT2D eigenvalue weighted by Gasteiger charge is -2.18. The van der Waals surface area contributed by atoms with Gasteiger partial charge in [0.25, 0.3) is 0 Å². The van der Waals surface area contributed by atoms with Crippen molar-refractivity contribution in [3.05, 3.63) is 60.7 Å². The van der Waals surface area contributed by atoms with Crippen LogP contribution in [-0.2, 0) is 24.5 Å². The average Bonchev–Trinajstić information content (AvgIpc) is 2.56. The van der Waals surface area contributed by atoms with Crippen molar-refractivity contribution in [2.24, 2.45) is 0 Å². The van der Waals surface area contributed by atoms with Gasteiger partial charge >= 0.3 is 5.97 Å². The Morgan fingerprint density at radius 1 is 0.792 bits per heavy atom. The van der Waals surface area contributed by atoms with Crippen molar-refractivity contribution in [2.45, 2.75) is 27.2 Å². The van der Waals surface area contributed by atoms with Crippen LogP contribution in [0.1, 0.15) is 12.8 Å². The number of hydrogen-bond acceptors (Lipinski definition) is 5. The number of carbonyl (C=O) groups is 1. The van der Waals surface area contributed by atoms with Crippen molar-refractivity contribution < 1.29 is 26.7 Å². The molecule has 8 heteroatoms. The molecule has 0 spiro atoms. The number of carboxylic acid groups (broad SMARTS) is 1. The number of carboxylic acids is 1. The summed E-state index contributed by atoms with van der Waals surface area (Å²) in [4.78, 5) is 10.5. The molecule has 0 aromatic heterocycles. The molecule has 0 unspecified atom stereocenters. The third kappa shape index (κ3) is 3.82. The number of aliphatic carboxylic acids is 1. The minimum Gasteiger partial charge on any atom is -0.481 e. The van der Waals surface area contributed by atoms with Crippen LogP contribution in [0.15, 0.2) is 70.5 Å². The smallest absolute Gasteiger partial charge is 0.303 e. The van der Waals surface area contributed by atoms with E-state index in [0.717, 1.165) is 0 Å². The highest BCUT2D eigenvalue weighted by molar-refractivity contribution is 8.09. The van der Waals surface area contributed by atoms with Gasteiger partial charge in [0.1, 0.15) is 0 Å². The van der Waals surface area contributed by atoms with Crippen molar-refractivity contribution >= 4 is 25.6 Å². The molecule has 0 aliphatic heterocycles. The van der Waals surface area contributed by atoms with Crippen LogP contribution in [0.3, 0.4) is 0 Å². The van der Waals surface area contributed by atoms with E-state index in [1.807, 2.05) is 0 Å². The second-order valence-electron chi connectivity index (χ2n) is 5.08. The first-order valence-electron chi connectivity index (χ1n) is 7.06. The topological polar surface area (TPSA) is 106 Å². The molecule has 0 amide bonds. The van der Waals surface area contributed by atoms with Gasteiger partial charge in [-0.3, -0.25) is 4.79 Å². The molecule has 1 N–H and O–H groups in total. The van der Waals surface area contributed by atoms with Crippen molar-refractivity contribution in [3.63, 3.8) is 0 Å². The van der Waals surface area contributed by atoms with Crippen LogP contribution in [0.5, 0.6) is 0 Å². The highest BCUT2D eigenvalue weighted by Gasteiger charge is 2.39. The maximum absolute atomic E-state index is 12.8. The molecule has 2 rings (SSSR count). The first kappa shape index (κ1) is 18.2. The van der Waals surface area contributed by atoms with Gasteiger partial charge in [-0.05, 0) is 30.7 Å². The van der Waals surface area contributed by atoms with E-state index in [1.54, 1.807) is 12.1 Å². The molecule has 0 bridgehead atoms. The van der Waals surface area contributed by atoms with Gasteiger partial charge in [-0.2, -0.15) is 0 Å².